The van der Waals surface area contributed by atoms with Crippen molar-refractivity contribution in [1.29, 1.82) is 0 Å². The highest BCUT2D eigenvalue weighted by atomic mass is 16.1. The van der Waals surface area contributed by atoms with Gasteiger partial charge in [0.1, 0.15) is 5.78 Å². The van der Waals surface area contributed by atoms with E-state index >= 15 is 0 Å². The topological polar surface area (TPSA) is 17.1 Å². The van der Waals surface area contributed by atoms with Crippen LogP contribution < -0.4 is 0 Å². The summed E-state index contributed by atoms with van der Waals surface area (Å²) in [5.41, 5.74) is 0.980. The van der Waals surface area contributed by atoms with Crippen molar-refractivity contribution in [2.24, 2.45) is 5.92 Å². The molecule has 17 heavy (non-hydrogen) atoms. The Morgan fingerprint density at radius 1 is 1.18 bits per heavy atom. The fraction of sp³-hybridized carbons (Fsp3) is 0.562. The Morgan fingerprint density at radius 2 is 1.76 bits per heavy atom. The van der Waals surface area contributed by atoms with E-state index in [4.69, 9.17) is 0 Å². The van der Waals surface area contributed by atoms with Crippen LogP contribution >= 0.6 is 0 Å². The van der Waals surface area contributed by atoms with E-state index in [0.29, 0.717) is 11.7 Å². The largest absolute Gasteiger partial charge is 0.298 e. The highest BCUT2D eigenvalue weighted by Gasteiger charge is 2.41. The van der Waals surface area contributed by atoms with Crippen LogP contribution in [0.4, 0.5) is 0 Å². The van der Waals surface area contributed by atoms with Crippen molar-refractivity contribution >= 4 is 5.78 Å². The summed E-state index contributed by atoms with van der Waals surface area (Å²) in [6, 6.07) is 10.3. The molecule has 0 saturated heterocycles. The monoisotopic (exact) mass is 230 g/mol. The average molecular weight is 230 g/mol. The number of hydrogen-bond donors (Lipinski definition) is 0. The zero-order chi connectivity index (χ0) is 12.3. The van der Waals surface area contributed by atoms with E-state index in [9.17, 15) is 4.79 Å². The Bertz CT molecular complexity index is 372. The molecule has 1 saturated carbocycles. The van der Waals surface area contributed by atoms with Gasteiger partial charge in [0.2, 0.25) is 0 Å². The van der Waals surface area contributed by atoms with Gasteiger partial charge in [0, 0.05) is 5.92 Å². The molecule has 2 rings (SSSR count). The van der Waals surface area contributed by atoms with Gasteiger partial charge in [-0.1, -0.05) is 50.6 Å². The van der Waals surface area contributed by atoms with Crippen molar-refractivity contribution in [3.05, 3.63) is 35.9 Å². The van der Waals surface area contributed by atoms with E-state index in [0.717, 1.165) is 25.7 Å². The average Bonchev–Trinajstić information content (AvgIpc) is 2.31. The molecule has 0 aliphatic heterocycles. The minimum Gasteiger partial charge on any atom is -0.298 e. The molecule has 1 heteroatoms. The smallest absolute Gasteiger partial charge is 0.146 e. The van der Waals surface area contributed by atoms with Gasteiger partial charge in [-0.3, -0.25) is 4.79 Å². The molecule has 0 aromatic heterocycles. The zero-order valence-corrected chi connectivity index (χ0v) is 10.9. The molecule has 0 atom stereocenters. The molecule has 1 aromatic rings. The molecule has 1 fully saturated rings. The van der Waals surface area contributed by atoms with Gasteiger partial charge in [-0.25, -0.2) is 0 Å². The van der Waals surface area contributed by atoms with Crippen LogP contribution in [-0.2, 0) is 10.2 Å². The molecular formula is C16H22O. The lowest BCUT2D eigenvalue weighted by Crippen LogP contribution is -2.41. The van der Waals surface area contributed by atoms with Gasteiger partial charge in [0.05, 0.1) is 5.41 Å². The SMILES string of the molecule is CCC(CC)(C(=O)C1CCC1)c1ccccc1. The standard InChI is InChI=1S/C16H22O/c1-3-16(4-2,14-11-6-5-7-12-14)15(17)13-9-8-10-13/h5-7,11-13H,3-4,8-10H2,1-2H3. The van der Waals surface area contributed by atoms with E-state index in [1.54, 1.807) is 0 Å². The van der Waals surface area contributed by atoms with Crippen LogP contribution in [0.15, 0.2) is 30.3 Å². The minimum absolute atomic E-state index is 0.230. The van der Waals surface area contributed by atoms with Gasteiger partial charge < -0.3 is 0 Å². The lowest BCUT2D eigenvalue weighted by molar-refractivity contribution is -0.131. The van der Waals surface area contributed by atoms with Gasteiger partial charge in [-0.15, -0.1) is 0 Å². The second-order valence-corrected chi connectivity index (χ2v) is 5.15. The summed E-state index contributed by atoms with van der Waals surface area (Å²) in [4.78, 5) is 12.7. The van der Waals surface area contributed by atoms with Crippen molar-refractivity contribution < 1.29 is 4.79 Å². The second-order valence-electron chi connectivity index (χ2n) is 5.15. The summed E-state index contributed by atoms with van der Waals surface area (Å²) in [5.74, 6) is 0.815. The van der Waals surface area contributed by atoms with E-state index < -0.39 is 0 Å². The molecule has 1 nitrogen and oxygen atoms in total. The van der Waals surface area contributed by atoms with Crippen LogP contribution in [0, 0.1) is 5.92 Å². The summed E-state index contributed by atoms with van der Waals surface area (Å²) < 4.78 is 0. The van der Waals surface area contributed by atoms with Crippen molar-refractivity contribution in [2.75, 3.05) is 0 Å². The molecule has 0 heterocycles. The molecule has 0 unspecified atom stereocenters. The number of ketones is 1. The predicted molar refractivity (Wildman–Crippen MR) is 71.1 cm³/mol. The number of carbonyl (C=O) groups is 1. The summed E-state index contributed by atoms with van der Waals surface area (Å²) >= 11 is 0. The van der Waals surface area contributed by atoms with Gasteiger partial charge >= 0.3 is 0 Å². The van der Waals surface area contributed by atoms with Crippen LogP contribution in [0.25, 0.3) is 0 Å². The summed E-state index contributed by atoms with van der Waals surface area (Å²) in [5, 5.41) is 0. The van der Waals surface area contributed by atoms with E-state index in [-0.39, 0.29) is 5.41 Å². The normalized spacial score (nSPS) is 16.6. The maximum absolute atomic E-state index is 12.7. The van der Waals surface area contributed by atoms with Crippen molar-refractivity contribution in [1.82, 2.24) is 0 Å². The van der Waals surface area contributed by atoms with Crippen molar-refractivity contribution in [3.63, 3.8) is 0 Å². The minimum atomic E-state index is -0.230. The Labute approximate surface area is 104 Å². The Balaban J connectivity index is 2.34. The summed E-state index contributed by atoms with van der Waals surface area (Å²) in [6.45, 7) is 4.29. The Kier molecular flexibility index (Phi) is 3.66. The summed E-state index contributed by atoms with van der Waals surface area (Å²) in [7, 11) is 0. The van der Waals surface area contributed by atoms with Crippen LogP contribution in [0.1, 0.15) is 51.5 Å². The number of carbonyl (C=O) groups excluding carboxylic acids is 1. The molecule has 0 N–H and O–H groups in total. The molecule has 0 radical (unpaired) electrons. The van der Waals surface area contributed by atoms with E-state index in [1.807, 2.05) is 18.2 Å². The number of benzene rings is 1. The maximum Gasteiger partial charge on any atom is 0.146 e. The lowest BCUT2D eigenvalue weighted by atomic mass is 9.65. The van der Waals surface area contributed by atoms with Crippen LogP contribution in [0.3, 0.4) is 0 Å². The second kappa shape index (κ2) is 5.03. The molecule has 1 aliphatic rings. The van der Waals surface area contributed by atoms with Gasteiger partial charge in [0.15, 0.2) is 0 Å². The lowest BCUT2D eigenvalue weighted by Gasteiger charge is -2.37. The molecule has 92 valence electrons. The first-order chi connectivity index (χ1) is 8.24. The highest BCUT2D eigenvalue weighted by Crippen LogP contribution is 2.40. The third-order valence-corrected chi connectivity index (χ3v) is 4.48. The third kappa shape index (κ3) is 2.03. The zero-order valence-electron chi connectivity index (χ0n) is 10.9. The first-order valence-electron chi connectivity index (χ1n) is 6.84. The fourth-order valence-electron chi connectivity index (χ4n) is 2.97. The number of rotatable bonds is 5. The molecule has 0 amide bonds. The first kappa shape index (κ1) is 12.3. The van der Waals surface area contributed by atoms with Crippen LogP contribution in [0.2, 0.25) is 0 Å². The molecule has 0 spiro atoms. The Hall–Kier alpha value is -1.11. The quantitative estimate of drug-likeness (QED) is 0.744. The fourth-order valence-corrected chi connectivity index (χ4v) is 2.97. The van der Waals surface area contributed by atoms with Crippen molar-refractivity contribution in [2.45, 2.75) is 51.4 Å². The summed E-state index contributed by atoms with van der Waals surface area (Å²) in [6.07, 6.45) is 5.28. The first-order valence-corrected chi connectivity index (χ1v) is 6.84. The molecular weight excluding hydrogens is 208 g/mol. The molecule has 1 aliphatic carbocycles. The number of hydrogen-bond acceptors (Lipinski definition) is 1. The van der Waals surface area contributed by atoms with E-state index in [1.165, 1.54) is 12.0 Å². The van der Waals surface area contributed by atoms with Crippen molar-refractivity contribution in [3.8, 4) is 0 Å². The highest BCUT2D eigenvalue weighted by molar-refractivity contribution is 5.92. The van der Waals surface area contributed by atoms with Gasteiger partial charge in [-0.2, -0.15) is 0 Å². The van der Waals surface area contributed by atoms with Gasteiger partial charge in [-0.05, 0) is 31.2 Å². The maximum atomic E-state index is 12.7. The third-order valence-electron chi connectivity index (χ3n) is 4.48. The van der Waals surface area contributed by atoms with Crippen LogP contribution in [0.5, 0.6) is 0 Å². The predicted octanol–water partition coefficient (Wildman–Crippen LogP) is 4.11. The number of Topliss-reactive ketones (excluding diaryl/α,β-unsaturated/α-hetero) is 1. The van der Waals surface area contributed by atoms with E-state index in [2.05, 4.69) is 26.0 Å². The van der Waals surface area contributed by atoms with Gasteiger partial charge in [0.25, 0.3) is 0 Å². The Morgan fingerprint density at radius 3 is 2.18 bits per heavy atom. The molecule has 0 bridgehead atoms. The molecule has 1 aromatic carbocycles. The van der Waals surface area contributed by atoms with Crippen LogP contribution in [-0.4, -0.2) is 5.78 Å².